The Kier molecular flexibility index (Phi) is 10.9. The molecule has 0 heterocycles. The van der Waals surface area contributed by atoms with Crippen LogP contribution in [0.2, 0.25) is 0 Å². The molecule has 0 aromatic heterocycles. The summed E-state index contributed by atoms with van der Waals surface area (Å²) in [5, 5.41) is 6.32. The third-order valence-electron chi connectivity index (χ3n) is 2.73. The molecule has 0 aliphatic heterocycles. The standard InChI is InChI=1S/C11H28N6O/c1-3-17(2)10(18)6-9-15-11(16-13)14-8-5-4-7-12/h11,14-16H,3-9,12-13H2,1-2H3. The molecule has 7 N–H and O–H groups in total. The van der Waals surface area contributed by atoms with Gasteiger partial charge in [0, 0.05) is 26.6 Å². The van der Waals surface area contributed by atoms with Gasteiger partial charge in [-0.1, -0.05) is 0 Å². The zero-order chi connectivity index (χ0) is 13.8. The minimum absolute atomic E-state index is 0.129. The predicted octanol–water partition coefficient (Wildman–Crippen LogP) is -1.48. The van der Waals surface area contributed by atoms with Crippen molar-refractivity contribution >= 4 is 5.91 Å². The minimum Gasteiger partial charge on any atom is -0.346 e. The molecule has 108 valence electrons. The lowest BCUT2D eigenvalue weighted by atomic mass is 10.3. The first-order valence-electron chi connectivity index (χ1n) is 6.52. The minimum atomic E-state index is -0.178. The Morgan fingerprint density at radius 3 is 2.50 bits per heavy atom. The monoisotopic (exact) mass is 260 g/mol. The van der Waals surface area contributed by atoms with Crippen molar-refractivity contribution in [2.24, 2.45) is 11.6 Å². The molecular weight excluding hydrogens is 232 g/mol. The maximum absolute atomic E-state index is 11.5. The Balaban J connectivity index is 3.63. The fraction of sp³-hybridized carbons (Fsp3) is 0.909. The summed E-state index contributed by atoms with van der Waals surface area (Å²) in [6.45, 7) is 4.81. The van der Waals surface area contributed by atoms with E-state index < -0.39 is 0 Å². The highest BCUT2D eigenvalue weighted by molar-refractivity contribution is 5.75. The fourth-order valence-electron chi connectivity index (χ4n) is 1.40. The lowest BCUT2D eigenvalue weighted by Crippen LogP contribution is -2.56. The number of hydrogen-bond acceptors (Lipinski definition) is 6. The van der Waals surface area contributed by atoms with Crippen LogP contribution in [0.4, 0.5) is 0 Å². The average molecular weight is 260 g/mol. The largest absolute Gasteiger partial charge is 0.346 e. The molecule has 1 amide bonds. The van der Waals surface area contributed by atoms with Gasteiger partial charge in [0.05, 0.1) is 0 Å². The fourth-order valence-corrected chi connectivity index (χ4v) is 1.40. The maximum Gasteiger partial charge on any atom is 0.223 e. The SMILES string of the molecule is CCN(C)C(=O)CCNC(NN)NCCCCN. The Bertz CT molecular complexity index is 214. The number of hydrogen-bond donors (Lipinski definition) is 5. The molecule has 0 saturated carbocycles. The van der Waals surface area contributed by atoms with Crippen LogP contribution in [-0.4, -0.2) is 50.3 Å². The molecule has 0 aliphatic rings. The number of hydrazine groups is 1. The molecule has 0 bridgehead atoms. The number of carbonyl (C=O) groups is 1. The molecule has 0 spiro atoms. The molecular formula is C11H28N6O. The molecule has 0 saturated heterocycles. The molecule has 7 heteroatoms. The van der Waals surface area contributed by atoms with Gasteiger partial charge in [-0.2, -0.15) is 0 Å². The van der Waals surface area contributed by atoms with Crippen LogP contribution in [0.25, 0.3) is 0 Å². The summed E-state index contributed by atoms with van der Waals surface area (Å²) < 4.78 is 0. The third kappa shape index (κ3) is 8.37. The Morgan fingerprint density at radius 2 is 1.94 bits per heavy atom. The molecule has 7 nitrogen and oxygen atoms in total. The number of carbonyl (C=O) groups excluding carboxylic acids is 1. The summed E-state index contributed by atoms with van der Waals surface area (Å²) in [5.41, 5.74) is 8.02. The van der Waals surface area contributed by atoms with Crippen molar-refractivity contribution in [1.29, 1.82) is 0 Å². The molecule has 0 aromatic carbocycles. The van der Waals surface area contributed by atoms with Crippen molar-refractivity contribution in [3.63, 3.8) is 0 Å². The van der Waals surface area contributed by atoms with Crippen LogP contribution >= 0.6 is 0 Å². The van der Waals surface area contributed by atoms with E-state index in [1.54, 1.807) is 11.9 Å². The Hall–Kier alpha value is -0.730. The van der Waals surface area contributed by atoms with Gasteiger partial charge in [0.2, 0.25) is 5.91 Å². The van der Waals surface area contributed by atoms with Crippen LogP contribution in [0.5, 0.6) is 0 Å². The van der Waals surface area contributed by atoms with E-state index in [0.717, 1.165) is 25.9 Å². The maximum atomic E-state index is 11.5. The highest BCUT2D eigenvalue weighted by Crippen LogP contribution is 1.89. The lowest BCUT2D eigenvalue weighted by molar-refractivity contribution is -0.129. The van der Waals surface area contributed by atoms with E-state index in [1.807, 2.05) is 6.92 Å². The van der Waals surface area contributed by atoms with Crippen LogP contribution < -0.4 is 27.6 Å². The van der Waals surface area contributed by atoms with E-state index in [1.165, 1.54) is 0 Å². The molecule has 0 aromatic rings. The van der Waals surface area contributed by atoms with E-state index in [0.29, 0.717) is 19.5 Å². The highest BCUT2D eigenvalue weighted by Gasteiger charge is 2.08. The van der Waals surface area contributed by atoms with E-state index in [2.05, 4.69) is 16.1 Å². The second-order valence-corrected chi connectivity index (χ2v) is 4.16. The molecule has 18 heavy (non-hydrogen) atoms. The van der Waals surface area contributed by atoms with Gasteiger partial charge in [-0.3, -0.25) is 21.3 Å². The number of amides is 1. The molecule has 0 aliphatic carbocycles. The van der Waals surface area contributed by atoms with Crippen LogP contribution in [0.15, 0.2) is 0 Å². The van der Waals surface area contributed by atoms with Crippen LogP contribution in [0, 0.1) is 0 Å². The van der Waals surface area contributed by atoms with E-state index in [9.17, 15) is 4.79 Å². The number of nitrogens with zero attached hydrogens (tertiary/aromatic N) is 1. The first-order valence-corrected chi connectivity index (χ1v) is 6.52. The quantitative estimate of drug-likeness (QED) is 0.134. The molecule has 0 radical (unpaired) electrons. The van der Waals surface area contributed by atoms with Gasteiger partial charge in [0.25, 0.3) is 0 Å². The third-order valence-corrected chi connectivity index (χ3v) is 2.73. The zero-order valence-corrected chi connectivity index (χ0v) is 11.5. The van der Waals surface area contributed by atoms with Crippen molar-refractivity contribution in [3.05, 3.63) is 0 Å². The Labute approximate surface area is 110 Å². The number of unbranched alkanes of at least 4 members (excludes halogenated alkanes) is 1. The number of nitrogens with two attached hydrogens (primary N) is 2. The van der Waals surface area contributed by atoms with Crippen LogP contribution in [0.3, 0.4) is 0 Å². The van der Waals surface area contributed by atoms with Gasteiger partial charge >= 0.3 is 0 Å². The van der Waals surface area contributed by atoms with Crippen LogP contribution in [0.1, 0.15) is 26.2 Å². The van der Waals surface area contributed by atoms with Crippen molar-refractivity contribution in [2.45, 2.75) is 32.5 Å². The van der Waals surface area contributed by atoms with Gasteiger partial charge in [-0.15, -0.1) is 0 Å². The van der Waals surface area contributed by atoms with Gasteiger partial charge in [0.15, 0.2) is 0 Å². The predicted molar refractivity (Wildman–Crippen MR) is 73.3 cm³/mol. The lowest BCUT2D eigenvalue weighted by Gasteiger charge is -2.20. The zero-order valence-electron chi connectivity index (χ0n) is 11.5. The van der Waals surface area contributed by atoms with Crippen molar-refractivity contribution in [3.8, 4) is 0 Å². The van der Waals surface area contributed by atoms with Crippen LogP contribution in [-0.2, 0) is 4.79 Å². The summed E-state index contributed by atoms with van der Waals surface area (Å²) in [7, 11) is 1.80. The first-order chi connectivity index (χ1) is 8.65. The van der Waals surface area contributed by atoms with Gasteiger partial charge < -0.3 is 10.6 Å². The summed E-state index contributed by atoms with van der Waals surface area (Å²) in [4.78, 5) is 13.2. The first kappa shape index (κ1) is 17.3. The van der Waals surface area contributed by atoms with E-state index >= 15 is 0 Å². The smallest absolute Gasteiger partial charge is 0.223 e. The molecule has 1 atom stereocenters. The molecule has 0 fully saturated rings. The topological polar surface area (TPSA) is 108 Å². The summed E-state index contributed by atoms with van der Waals surface area (Å²) in [6, 6.07) is 0. The second-order valence-electron chi connectivity index (χ2n) is 4.16. The summed E-state index contributed by atoms with van der Waals surface area (Å²) in [6.07, 6.45) is 2.28. The summed E-state index contributed by atoms with van der Waals surface area (Å²) >= 11 is 0. The molecule has 0 rings (SSSR count). The number of nitrogens with one attached hydrogen (secondary N) is 3. The highest BCUT2D eigenvalue weighted by atomic mass is 16.2. The van der Waals surface area contributed by atoms with E-state index in [4.69, 9.17) is 11.6 Å². The van der Waals surface area contributed by atoms with Crippen molar-refractivity contribution in [1.82, 2.24) is 21.0 Å². The van der Waals surface area contributed by atoms with Gasteiger partial charge in [-0.05, 0) is 32.9 Å². The van der Waals surface area contributed by atoms with Crippen molar-refractivity contribution < 1.29 is 4.79 Å². The average Bonchev–Trinajstić information content (AvgIpc) is 2.40. The van der Waals surface area contributed by atoms with Gasteiger partial charge in [0.1, 0.15) is 6.29 Å². The number of rotatable bonds is 11. The normalized spacial score (nSPS) is 12.4. The summed E-state index contributed by atoms with van der Waals surface area (Å²) in [5.74, 6) is 5.52. The van der Waals surface area contributed by atoms with Crippen molar-refractivity contribution in [2.75, 3.05) is 33.2 Å². The van der Waals surface area contributed by atoms with E-state index in [-0.39, 0.29) is 12.2 Å². The Morgan fingerprint density at radius 1 is 1.28 bits per heavy atom. The molecule has 1 unspecified atom stereocenters. The van der Waals surface area contributed by atoms with Gasteiger partial charge in [-0.25, -0.2) is 5.43 Å². The second kappa shape index (κ2) is 11.4.